The number of alkyl halides is 3. The molecule has 0 unspecified atom stereocenters. The maximum absolute atomic E-state index is 12.1. The van der Waals surface area contributed by atoms with Crippen LogP contribution >= 0.6 is 0 Å². The fraction of sp³-hybridized carbons (Fsp3) is 0.125. The molecule has 0 saturated carbocycles. The van der Waals surface area contributed by atoms with Crippen LogP contribution in [0.2, 0.25) is 0 Å². The molecule has 0 aliphatic heterocycles. The Morgan fingerprint density at radius 1 is 1.21 bits per heavy atom. The Morgan fingerprint density at radius 3 is 2.21 bits per heavy atom. The van der Waals surface area contributed by atoms with Crippen LogP contribution in [0.1, 0.15) is 0 Å². The first kappa shape index (κ1) is 10.5. The molecular weight excluding hydrogens is 195 g/mol. The third-order valence-electron chi connectivity index (χ3n) is 1.40. The SMILES string of the molecule is NNC(=Nc1ccccc1)C(F)(F)F. The highest BCUT2D eigenvalue weighted by Crippen LogP contribution is 2.19. The summed E-state index contributed by atoms with van der Waals surface area (Å²) in [6.07, 6.45) is -4.56. The van der Waals surface area contributed by atoms with Crippen LogP contribution in [0.5, 0.6) is 0 Å². The lowest BCUT2D eigenvalue weighted by Crippen LogP contribution is -2.41. The summed E-state index contributed by atoms with van der Waals surface area (Å²) >= 11 is 0. The quantitative estimate of drug-likeness (QED) is 0.316. The van der Waals surface area contributed by atoms with Crippen LogP contribution in [0.3, 0.4) is 0 Å². The van der Waals surface area contributed by atoms with Gasteiger partial charge in [0.25, 0.3) is 0 Å². The Hall–Kier alpha value is -1.56. The van der Waals surface area contributed by atoms with E-state index in [4.69, 9.17) is 5.84 Å². The number of para-hydroxylation sites is 1. The van der Waals surface area contributed by atoms with Crippen molar-refractivity contribution in [3.8, 4) is 0 Å². The molecule has 0 aliphatic carbocycles. The molecule has 0 aromatic heterocycles. The number of amidine groups is 1. The minimum Gasteiger partial charge on any atom is -0.304 e. The zero-order chi connectivity index (χ0) is 10.6. The lowest BCUT2D eigenvalue weighted by Gasteiger charge is -2.08. The summed E-state index contributed by atoms with van der Waals surface area (Å²) in [5.41, 5.74) is 1.71. The van der Waals surface area contributed by atoms with E-state index in [1.54, 1.807) is 18.2 Å². The van der Waals surface area contributed by atoms with E-state index in [0.717, 1.165) is 0 Å². The van der Waals surface area contributed by atoms with Crippen molar-refractivity contribution in [2.24, 2.45) is 10.8 Å². The number of aliphatic imine (C=N–C) groups is 1. The van der Waals surface area contributed by atoms with Crippen molar-refractivity contribution in [2.75, 3.05) is 0 Å². The number of nitrogens with two attached hydrogens (primary N) is 1. The smallest absolute Gasteiger partial charge is 0.304 e. The minimum absolute atomic E-state index is 0.192. The summed E-state index contributed by atoms with van der Waals surface area (Å²) in [5, 5.41) is 0. The number of benzene rings is 1. The van der Waals surface area contributed by atoms with Crippen molar-refractivity contribution in [1.82, 2.24) is 5.43 Å². The molecule has 0 aliphatic rings. The first-order valence-electron chi connectivity index (χ1n) is 3.71. The van der Waals surface area contributed by atoms with Crippen molar-refractivity contribution in [3.63, 3.8) is 0 Å². The van der Waals surface area contributed by atoms with Gasteiger partial charge >= 0.3 is 6.18 Å². The van der Waals surface area contributed by atoms with E-state index in [0.29, 0.717) is 0 Å². The Kier molecular flexibility index (Phi) is 3.08. The van der Waals surface area contributed by atoms with Crippen molar-refractivity contribution in [1.29, 1.82) is 0 Å². The molecule has 0 fully saturated rings. The fourth-order valence-electron chi connectivity index (χ4n) is 0.809. The van der Waals surface area contributed by atoms with Gasteiger partial charge in [0.2, 0.25) is 5.84 Å². The molecule has 0 bridgehead atoms. The van der Waals surface area contributed by atoms with E-state index in [9.17, 15) is 13.2 Å². The maximum atomic E-state index is 12.1. The number of hydrogen-bond acceptors (Lipinski definition) is 2. The van der Waals surface area contributed by atoms with Crippen LogP contribution in [0.15, 0.2) is 35.3 Å². The van der Waals surface area contributed by atoms with E-state index < -0.39 is 12.0 Å². The van der Waals surface area contributed by atoms with Gasteiger partial charge in [0, 0.05) is 0 Å². The van der Waals surface area contributed by atoms with Gasteiger partial charge in [-0.1, -0.05) is 18.2 Å². The second-order valence-electron chi connectivity index (χ2n) is 2.44. The molecule has 1 rings (SSSR count). The molecule has 6 heteroatoms. The number of nitrogens with one attached hydrogen (secondary N) is 1. The molecular formula is C8H8F3N3. The maximum Gasteiger partial charge on any atom is 0.450 e. The molecule has 76 valence electrons. The Bertz CT molecular complexity index is 318. The molecule has 1 aromatic carbocycles. The third kappa shape index (κ3) is 2.74. The van der Waals surface area contributed by atoms with Crippen LogP contribution in [0, 0.1) is 0 Å². The van der Waals surface area contributed by atoms with Crippen LogP contribution < -0.4 is 11.3 Å². The number of hydrazine groups is 1. The molecule has 0 spiro atoms. The predicted octanol–water partition coefficient (Wildman–Crippen LogP) is 1.74. The molecule has 3 N–H and O–H groups in total. The zero-order valence-electron chi connectivity index (χ0n) is 7.05. The largest absolute Gasteiger partial charge is 0.450 e. The Balaban J connectivity index is 2.96. The summed E-state index contributed by atoms with van der Waals surface area (Å²) in [7, 11) is 0. The minimum atomic E-state index is -4.56. The molecule has 0 radical (unpaired) electrons. The monoisotopic (exact) mass is 203 g/mol. The number of hydrogen-bond donors (Lipinski definition) is 2. The standard InChI is InChI=1S/C8H8F3N3/c9-8(10,11)7(14-12)13-6-4-2-1-3-5-6/h1-5H,12H2,(H,13,14). The van der Waals surface area contributed by atoms with Crippen LogP contribution in [0.25, 0.3) is 0 Å². The van der Waals surface area contributed by atoms with Gasteiger partial charge < -0.3 is 5.43 Å². The van der Waals surface area contributed by atoms with Crippen LogP contribution in [0.4, 0.5) is 18.9 Å². The third-order valence-corrected chi connectivity index (χ3v) is 1.40. The summed E-state index contributed by atoms with van der Waals surface area (Å²) in [5.74, 6) is 3.49. The van der Waals surface area contributed by atoms with Crippen molar-refractivity contribution >= 4 is 11.5 Å². The Labute approximate surface area is 78.4 Å². The van der Waals surface area contributed by atoms with Crippen molar-refractivity contribution in [3.05, 3.63) is 30.3 Å². The first-order valence-corrected chi connectivity index (χ1v) is 3.71. The second kappa shape index (κ2) is 4.10. The second-order valence-corrected chi connectivity index (χ2v) is 2.44. The van der Waals surface area contributed by atoms with Gasteiger partial charge in [-0.15, -0.1) is 0 Å². The van der Waals surface area contributed by atoms with Gasteiger partial charge in [0.1, 0.15) is 0 Å². The molecule has 0 amide bonds. The van der Waals surface area contributed by atoms with Crippen LogP contribution in [-0.4, -0.2) is 12.0 Å². The number of rotatable bonds is 1. The summed E-state index contributed by atoms with van der Waals surface area (Å²) in [4.78, 5) is 3.30. The van der Waals surface area contributed by atoms with Gasteiger partial charge in [0.05, 0.1) is 5.69 Å². The average Bonchev–Trinajstić information content (AvgIpc) is 2.14. The average molecular weight is 203 g/mol. The van der Waals surface area contributed by atoms with E-state index in [1.165, 1.54) is 17.6 Å². The van der Waals surface area contributed by atoms with E-state index >= 15 is 0 Å². The fourth-order valence-corrected chi connectivity index (χ4v) is 0.809. The lowest BCUT2D eigenvalue weighted by atomic mass is 10.3. The van der Waals surface area contributed by atoms with E-state index in [2.05, 4.69) is 4.99 Å². The molecule has 0 saturated heterocycles. The van der Waals surface area contributed by atoms with Gasteiger partial charge in [-0.3, -0.25) is 0 Å². The summed E-state index contributed by atoms with van der Waals surface area (Å²) in [6.45, 7) is 0. The van der Waals surface area contributed by atoms with Crippen LogP contribution in [-0.2, 0) is 0 Å². The zero-order valence-corrected chi connectivity index (χ0v) is 7.05. The number of nitrogens with zero attached hydrogens (tertiary/aromatic N) is 1. The van der Waals surface area contributed by atoms with Gasteiger partial charge in [-0.05, 0) is 12.1 Å². The highest BCUT2D eigenvalue weighted by molar-refractivity contribution is 5.89. The first-order chi connectivity index (χ1) is 6.54. The van der Waals surface area contributed by atoms with Crippen molar-refractivity contribution < 1.29 is 13.2 Å². The molecule has 1 aromatic rings. The molecule has 0 atom stereocenters. The summed E-state index contributed by atoms with van der Waals surface area (Å²) < 4.78 is 36.4. The van der Waals surface area contributed by atoms with Gasteiger partial charge in [0.15, 0.2) is 0 Å². The predicted molar refractivity (Wildman–Crippen MR) is 46.9 cm³/mol. The van der Waals surface area contributed by atoms with Crippen molar-refractivity contribution in [2.45, 2.75) is 6.18 Å². The molecule has 14 heavy (non-hydrogen) atoms. The molecule has 0 heterocycles. The Morgan fingerprint density at radius 2 is 1.79 bits per heavy atom. The van der Waals surface area contributed by atoms with E-state index in [1.807, 2.05) is 0 Å². The highest BCUT2D eigenvalue weighted by Gasteiger charge is 2.35. The van der Waals surface area contributed by atoms with Gasteiger partial charge in [-0.25, -0.2) is 10.8 Å². The normalized spacial score (nSPS) is 12.7. The molecule has 3 nitrogen and oxygen atoms in total. The van der Waals surface area contributed by atoms with E-state index in [-0.39, 0.29) is 5.69 Å². The lowest BCUT2D eigenvalue weighted by molar-refractivity contribution is -0.0617. The number of halogens is 3. The van der Waals surface area contributed by atoms with Gasteiger partial charge in [-0.2, -0.15) is 13.2 Å². The topological polar surface area (TPSA) is 50.4 Å². The highest BCUT2D eigenvalue weighted by atomic mass is 19.4. The summed E-state index contributed by atoms with van der Waals surface area (Å²) in [6, 6.07) is 7.75.